The summed E-state index contributed by atoms with van der Waals surface area (Å²) in [6.07, 6.45) is 1.73. The molecule has 0 saturated carbocycles. The highest BCUT2D eigenvalue weighted by atomic mass is 35.5. The molecule has 0 aliphatic heterocycles. The highest BCUT2D eigenvalue weighted by Gasteiger charge is 2.19. The molecule has 146 valence electrons. The van der Waals surface area contributed by atoms with Crippen LogP contribution in [0, 0.1) is 0 Å². The lowest BCUT2D eigenvalue weighted by Gasteiger charge is -2.08. The molecule has 2 aromatic heterocycles. The average molecular weight is 406 g/mol. The minimum atomic E-state index is -0.720. The Kier molecular flexibility index (Phi) is 5.92. The number of anilines is 1. The number of hydrogen-bond acceptors (Lipinski definition) is 8. The van der Waals surface area contributed by atoms with E-state index in [4.69, 9.17) is 26.5 Å². The minimum absolute atomic E-state index is 0.0472. The monoisotopic (exact) mass is 405 g/mol. The van der Waals surface area contributed by atoms with Crippen LogP contribution in [0.5, 0.6) is 0 Å². The molecule has 10 nitrogen and oxygen atoms in total. The second kappa shape index (κ2) is 8.55. The number of carbonyl (C=O) groups excluding carboxylic acids is 2. The third kappa shape index (κ3) is 4.48. The number of ether oxygens (including phenoxy) is 2. The van der Waals surface area contributed by atoms with Crippen molar-refractivity contribution >= 4 is 29.4 Å². The van der Waals surface area contributed by atoms with Crippen molar-refractivity contribution in [3.05, 3.63) is 53.6 Å². The molecule has 0 aliphatic carbocycles. The summed E-state index contributed by atoms with van der Waals surface area (Å²) in [6.45, 7) is -0.128. The predicted molar refractivity (Wildman–Crippen MR) is 98.8 cm³/mol. The van der Waals surface area contributed by atoms with E-state index in [0.717, 1.165) is 6.39 Å². The number of nitrogens with two attached hydrogens (primary N) is 1. The van der Waals surface area contributed by atoms with Crippen LogP contribution in [-0.4, -0.2) is 40.7 Å². The van der Waals surface area contributed by atoms with Crippen LogP contribution in [0.2, 0.25) is 5.15 Å². The van der Waals surface area contributed by atoms with Crippen LogP contribution < -0.4 is 11.1 Å². The van der Waals surface area contributed by atoms with Crippen molar-refractivity contribution in [1.82, 2.24) is 15.0 Å². The molecule has 0 radical (unpaired) electrons. The number of aromatic nitrogens is 3. The molecule has 0 saturated heterocycles. The van der Waals surface area contributed by atoms with Crippen LogP contribution in [0.3, 0.4) is 0 Å². The van der Waals surface area contributed by atoms with Crippen molar-refractivity contribution in [2.24, 2.45) is 5.73 Å². The molecule has 0 bridgehead atoms. The highest BCUT2D eigenvalue weighted by molar-refractivity contribution is 6.31. The Morgan fingerprint density at radius 2 is 2.11 bits per heavy atom. The minimum Gasteiger partial charge on any atom is -0.459 e. The van der Waals surface area contributed by atoms with Gasteiger partial charge in [0, 0.05) is 11.3 Å². The lowest BCUT2D eigenvalue weighted by molar-refractivity contribution is 0.0471. The van der Waals surface area contributed by atoms with Crippen LogP contribution in [0.15, 0.2) is 41.3 Å². The Morgan fingerprint density at radius 1 is 1.36 bits per heavy atom. The van der Waals surface area contributed by atoms with Gasteiger partial charge in [-0.15, -0.1) is 0 Å². The van der Waals surface area contributed by atoms with Crippen molar-refractivity contribution < 1.29 is 23.5 Å². The summed E-state index contributed by atoms with van der Waals surface area (Å²) in [7, 11) is 1.28. The number of nitrogens with zero attached hydrogens (tertiary/aromatic N) is 2. The van der Waals surface area contributed by atoms with Gasteiger partial charge in [-0.05, 0) is 12.1 Å². The topological polar surface area (TPSA) is 145 Å². The molecular formula is C17H16ClN5O5. The number of imidazole rings is 1. The number of carbonyl (C=O) groups is 2. The van der Waals surface area contributed by atoms with Gasteiger partial charge < -0.3 is 24.6 Å². The van der Waals surface area contributed by atoms with E-state index in [-0.39, 0.29) is 17.5 Å². The summed E-state index contributed by atoms with van der Waals surface area (Å²) in [6, 6.07) is 6.09. The zero-order valence-corrected chi connectivity index (χ0v) is 15.4. The van der Waals surface area contributed by atoms with E-state index in [2.05, 4.69) is 25.0 Å². The van der Waals surface area contributed by atoms with Crippen LogP contribution in [0.25, 0.3) is 11.3 Å². The van der Waals surface area contributed by atoms with E-state index < -0.39 is 18.1 Å². The highest BCUT2D eigenvalue weighted by Crippen LogP contribution is 2.28. The summed E-state index contributed by atoms with van der Waals surface area (Å²) >= 11 is 6.22. The van der Waals surface area contributed by atoms with Gasteiger partial charge in [-0.25, -0.2) is 19.6 Å². The van der Waals surface area contributed by atoms with Gasteiger partial charge >= 0.3 is 12.1 Å². The molecule has 2 heterocycles. The van der Waals surface area contributed by atoms with Gasteiger partial charge in [0.2, 0.25) is 0 Å². The van der Waals surface area contributed by atoms with Crippen molar-refractivity contribution in [1.29, 1.82) is 0 Å². The SMILES string of the molecule is COC(=O)Nc1ccc(-c2nc(C(N)COC(=O)c3cocn3)[nH]c2Cl)cc1. The predicted octanol–water partition coefficient (Wildman–Crippen LogP) is 2.75. The molecule has 1 unspecified atom stereocenters. The van der Waals surface area contributed by atoms with E-state index in [9.17, 15) is 9.59 Å². The first-order valence-electron chi connectivity index (χ1n) is 7.99. The number of halogens is 1. The van der Waals surface area contributed by atoms with E-state index in [1.807, 2.05) is 0 Å². The van der Waals surface area contributed by atoms with Crippen LogP contribution in [0.1, 0.15) is 22.4 Å². The smallest absolute Gasteiger partial charge is 0.411 e. The largest absolute Gasteiger partial charge is 0.459 e. The molecule has 11 heteroatoms. The fourth-order valence-corrected chi connectivity index (χ4v) is 2.50. The zero-order valence-electron chi connectivity index (χ0n) is 14.6. The maximum absolute atomic E-state index is 11.8. The quantitative estimate of drug-likeness (QED) is 0.530. The molecule has 0 spiro atoms. The van der Waals surface area contributed by atoms with Crippen molar-refractivity contribution in [3.8, 4) is 11.3 Å². The second-order valence-electron chi connectivity index (χ2n) is 5.56. The van der Waals surface area contributed by atoms with Crippen molar-refractivity contribution in [2.75, 3.05) is 19.0 Å². The first kappa shape index (κ1) is 19.4. The number of methoxy groups -OCH3 is 1. The maximum Gasteiger partial charge on any atom is 0.411 e. The van der Waals surface area contributed by atoms with E-state index in [1.54, 1.807) is 24.3 Å². The van der Waals surface area contributed by atoms with E-state index >= 15 is 0 Å². The van der Waals surface area contributed by atoms with Gasteiger partial charge in [-0.2, -0.15) is 0 Å². The molecule has 0 aliphatic rings. The van der Waals surface area contributed by atoms with Crippen molar-refractivity contribution in [2.45, 2.75) is 6.04 Å². The lowest BCUT2D eigenvalue weighted by atomic mass is 10.1. The number of hydrogen-bond donors (Lipinski definition) is 3. The summed E-state index contributed by atoms with van der Waals surface area (Å²) in [5.41, 5.74) is 7.79. The van der Waals surface area contributed by atoms with Crippen LogP contribution >= 0.6 is 11.6 Å². The summed E-state index contributed by atoms with van der Waals surface area (Å²) in [5, 5.41) is 2.82. The van der Waals surface area contributed by atoms with E-state index in [0.29, 0.717) is 22.8 Å². The van der Waals surface area contributed by atoms with Gasteiger partial charge in [0.15, 0.2) is 12.1 Å². The number of aromatic amines is 1. The number of amides is 1. The number of nitrogens with one attached hydrogen (secondary N) is 2. The van der Waals surface area contributed by atoms with Gasteiger partial charge in [-0.1, -0.05) is 23.7 Å². The number of benzene rings is 1. The van der Waals surface area contributed by atoms with Gasteiger partial charge in [0.25, 0.3) is 0 Å². The normalized spacial score (nSPS) is 11.7. The molecule has 1 amide bonds. The Morgan fingerprint density at radius 3 is 2.75 bits per heavy atom. The number of H-pyrrole nitrogens is 1. The lowest BCUT2D eigenvalue weighted by Crippen LogP contribution is -2.21. The second-order valence-corrected chi connectivity index (χ2v) is 5.94. The number of rotatable bonds is 6. The Labute approximate surface area is 164 Å². The Hall–Kier alpha value is -3.37. The molecule has 3 rings (SSSR count). The molecular weight excluding hydrogens is 390 g/mol. The summed E-state index contributed by atoms with van der Waals surface area (Å²) in [4.78, 5) is 33.9. The fraction of sp³-hybridized carbons (Fsp3) is 0.176. The first-order chi connectivity index (χ1) is 13.5. The first-order valence-corrected chi connectivity index (χ1v) is 8.37. The van der Waals surface area contributed by atoms with Crippen molar-refractivity contribution in [3.63, 3.8) is 0 Å². The summed E-state index contributed by atoms with van der Waals surface area (Å²) in [5.74, 6) is -0.305. The molecule has 1 aromatic carbocycles. The molecule has 0 fully saturated rings. The maximum atomic E-state index is 11.8. The van der Waals surface area contributed by atoms with Gasteiger partial charge in [0.05, 0.1) is 13.2 Å². The fourth-order valence-electron chi connectivity index (χ4n) is 2.25. The number of esters is 1. The Balaban J connectivity index is 1.66. The zero-order chi connectivity index (χ0) is 20.1. The summed E-state index contributed by atoms with van der Waals surface area (Å²) < 4.78 is 14.3. The average Bonchev–Trinajstić information content (AvgIpc) is 3.36. The Bertz CT molecular complexity index is 955. The molecule has 3 aromatic rings. The molecule has 1 atom stereocenters. The van der Waals surface area contributed by atoms with E-state index in [1.165, 1.54) is 13.4 Å². The standard InChI is InChI=1S/C17H16ClN5O5/c1-26-17(25)21-10-4-2-9(3-5-10)13-14(18)23-15(22-13)11(19)6-28-16(24)12-7-27-8-20-12/h2-5,7-8,11H,6,19H2,1H3,(H,21,25)(H,22,23). The van der Waals surface area contributed by atoms with Gasteiger partial charge in [-0.3, -0.25) is 5.32 Å². The van der Waals surface area contributed by atoms with Crippen LogP contribution in [-0.2, 0) is 9.47 Å². The third-order valence-corrected chi connectivity index (χ3v) is 3.93. The van der Waals surface area contributed by atoms with Crippen LogP contribution in [0.4, 0.5) is 10.5 Å². The number of oxazole rings is 1. The molecule has 4 N–H and O–H groups in total. The van der Waals surface area contributed by atoms with Gasteiger partial charge in [0.1, 0.15) is 29.5 Å². The third-order valence-electron chi connectivity index (χ3n) is 3.65. The molecule has 28 heavy (non-hydrogen) atoms.